The number of benzene rings is 2. The lowest BCUT2D eigenvalue weighted by atomic mass is 9.82. The quantitative estimate of drug-likeness (QED) is 0.388. The minimum absolute atomic E-state index is 0.0718. The van der Waals surface area contributed by atoms with Crippen molar-refractivity contribution < 1.29 is 23.9 Å². The number of anilines is 1. The van der Waals surface area contributed by atoms with Crippen molar-refractivity contribution in [1.29, 1.82) is 0 Å². The van der Waals surface area contributed by atoms with Crippen molar-refractivity contribution in [1.82, 2.24) is 0 Å². The van der Waals surface area contributed by atoms with Gasteiger partial charge in [0.1, 0.15) is 17.3 Å². The normalized spacial score (nSPS) is 12.7. The van der Waals surface area contributed by atoms with Gasteiger partial charge in [-0.25, -0.2) is 0 Å². The van der Waals surface area contributed by atoms with E-state index in [0.29, 0.717) is 24.4 Å². The lowest BCUT2D eigenvalue weighted by Crippen LogP contribution is -2.22. The summed E-state index contributed by atoms with van der Waals surface area (Å²) in [6.45, 7) is 12.4. The van der Waals surface area contributed by atoms with E-state index in [1.807, 2.05) is 32.9 Å². The Morgan fingerprint density at radius 3 is 2.00 bits per heavy atom. The Balaban J connectivity index is 0.000000265. The number of fused-ring (bicyclic) bond motifs is 1. The Morgan fingerprint density at radius 1 is 1.03 bits per heavy atom. The van der Waals surface area contributed by atoms with Gasteiger partial charge in [-0.15, -0.1) is 0 Å². The summed E-state index contributed by atoms with van der Waals surface area (Å²) in [5.74, 6) is 6.66. The Bertz CT molecular complexity index is 951. The first-order chi connectivity index (χ1) is 15.1. The topological polar surface area (TPSA) is 120 Å². The fraction of sp³-hybridized carbons (Fsp3) is 0.333. The number of nitrogen functional groups attached to an aromatic ring is 1. The van der Waals surface area contributed by atoms with Gasteiger partial charge in [-0.3, -0.25) is 25.2 Å². The molecule has 0 aliphatic carbocycles. The zero-order chi connectivity index (χ0) is 24.3. The molecule has 2 aromatic carbocycles. The van der Waals surface area contributed by atoms with Crippen LogP contribution < -0.4 is 20.7 Å². The number of carbonyl (C=O) groups is 3. The predicted octanol–water partition coefficient (Wildman–Crippen LogP) is 4.34. The first-order valence-electron chi connectivity index (χ1n) is 10.0. The van der Waals surface area contributed by atoms with Gasteiger partial charge in [-0.1, -0.05) is 27.7 Å². The second kappa shape index (κ2) is 12.4. The fourth-order valence-corrected chi connectivity index (χ4v) is 2.44. The van der Waals surface area contributed by atoms with Crippen LogP contribution in [0.5, 0.6) is 11.5 Å². The standard InChI is InChI=1S/C12H13NO2.C7H8N2O2.C5H10O/c1-8-12(2,3)10-6-9(15-7-14)4-5-11(10)13-8;8-9-6-1-3-7(4-2-6)11-5-10;1-4(2)5(3)6/h4-7H,1-3H3;1-5,9H,8H2;4H,1-3H3. The molecule has 3 N–H and O–H groups in total. The molecule has 1 aliphatic heterocycles. The number of hydrogen-bond acceptors (Lipinski definition) is 8. The van der Waals surface area contributed by atoms with E-state index in [1.54, 1.807) is 37.3 Å². The van der Waals surface area contributed by atoms with Crippen molar-refractivity contribution in [2.45, 2.75) is 47.0 Å². The Hall–Kier alpha value is -3.52. The highest BCUT2D eigenvalue weighted by atomic mass is 16.5. The van der Waals surface area contributed by atoms with Crippen LogP contribution in [0, 0.1) is 5.92 Å². The van der Waals surface area contributed by atoms with Crippen molar-refractivity contribution >= 4 is 35.8 Å². The van der Waals surface area contributed by atoms with E-state index in [-0.39, 0.29) is 17.1 Å². The maximum atomic E-state index is 10.2. The number of hydrazine groups is 1. The highest BCUT2D eigenvalue weighted by molar-refractivity contribution is 5.99. The van der Waals surface area contributed by atoms with Crippen molar-refractivity contribution in [3.05, 3.63) is 48.0 Å². The molecule has 0 bridgehead atoms. The summed E-state index contributed by atoms with van der Waals surface area (Å²) in [5.41, 5.74) is 6.31. The number of nitrogens with two attached hydrogens (primary N) is 1. The Labute approximate surface area is 188 Å². The molecule has 0 amide bonds. The molecule has 0 saturated carbocycles. The summed E-state index contributed by atoms with van der Waals surface area (Å²) in [4.78, 5) is 34.7. The molecular weight excluding hydrogens is 410 g/mol. The lowest BCUT2D eigenvalue weighted by molar-refractivity contribution is -0.121. The second-order valence-electron chi connectivity index (χ2n) is 7.86. The second-order valence-corrected chi connectivity index (χ2v) is 7.86. The summed E-state index contributed by atoms with van der Waals surface area (Å²) in [5, 5.41) is 0. The van der Waals surface area contributed by atoms with Crippen LogP contribution in [0.25, 0.3) is 0 Å². The molecule has 172 valence electrons. The predicted molar refractivity (Wildman–Crippen MR) is 125 cm³/mol. The fourth-order valence-electron chi connectivity index (χ4n) is 2.44. The molecule has 0 unspecified atom stereocenters. The number of Topliss-reactive ketones (excluding diaryl/α,β-unsaturated/α-hetero) is 1. The Morgan fingerprint density at radius 2 is 1.53 bits per heavy atom. The van der Waals surface area contributed by atoms with Gasteiger partial charge in [-0.2, -0.15) is 0 Å². The van der Waals surface area contributed by atoms with Crippen LogP contribution in [0.1, 0.15) is 47.1 Å². The number of ketones is 1. The third kappa shape index (κ3) is 7.63. The van der Waals surface area contributed by atoms with E-state index in [0.717, 1.165) is 22.6 Å². The van der Waals surface area contributed by atoms with Crippen LogP contribution in [-0.4, -0.2) is 24.4 Å². The molecule has 32 heavy (non-hydrogen) atoms. The molecule has 0 atom stereocenters. The number of aliphatic imine (C=N–C) groups is 1. The van der Waals surface area contributed by atoms with Gasteiger partial charge in [0.2, 0.25) is 0 Å². The van der Waals surface area contributed by atoms with Gasteiger partial charge in [0, 0.05) is 22.7 Å². The number of ether oxygens (including phenoxy) is 2. The molecule has 3 rings (SSSR count). The molecule has 0 radical (unpaired) electrons. The van der Waals surface area contributed by atoms with Gasteiger partial charge in [0.15, 0.2) is 0 Å². The van der Waals surface area contributed by atoms with Crippen molar-refractivity contribution in [2.24, 2.45) is 16.8 Å². The number of nitrogens with zero attached hydrogens (tertiary/aromatic N) is 1. The van der Waals surface area contributed by atoms with E-state index in [4.69, 9.17) is 10.6 Å². The van der Waals surface area contributed by atoms with Crippen LogP contribution >= 0.6 is 0 Å². The van der Waals surface area contributed by atoms with Crippen molar-refractivity contribution in [3.63, 3.8) is 0 Å². The molecular formula is C24H31N3O5. The summed E-state index contributed by atoms with van der Waals surface area (Å²) in [6.07, 6.45) is 0. The van der Waals surface area contributed by atoms with E-state index >= 15 is 0 Å². The molecule has 0 spiro atoms. The zero-order valence-corrected chi connectivity index (χ0v) is 19.3. The third-order valence-corrected chi connectivity index (χ3v) is 5.04. The highest BCUT2D eigenvalue weighted by Crippen LogP contribution is 2.41. The number of hydrogen-bond donors (Lipinski definition) is 2. The van der Waals surface area contributed by atoms with Gasteiger partial charge < -0.3 is 14.9 Å². The lowest BCUT2D eigenvalue weighted by Gasteiger charge is -2.19. The minimum Gasteiger partial charge on any atom is -0.429 e. The molecule has 0 saturated heterocycles. The van der Waals surface area contributed by atoms with Crippen molar-refractivity contribution in [3.8, 4) is 11.5 Å². The van der Waals surface area contributed by atoms with E-state index in [1.165, 1.54) is 0 Å². The van der Waals surface area contributed by atoms with E-state index in [2.05, 4.69) is 29.0 Å². The molecule has 1 aliphatic rings. The highest BCUT2D eigenvalue weighted by Gasteiger charge is 2.32. The van der Waals surface area contributed by atoms with E-state index in [9.17, 15) is 14.4 Å². The van der Waals surface area contributed by atoms with Crippen LogP contribution in [0.2, 0.25) is 0 Å². The summed E-state index contributed by atoms with van der Waals surface area (Å²) >= 11 is 0. The summed E-state index contributed by atoms with van der Waals surface area (Å²) in [7, 11) is 0. The molecule has 0 fully saturated rings. The molecule has 8 nitrogen and oxygen atoms in total. The van der Waals surface area contributed by atoms with Gasteiger partial charge in [0.05, 0.1) is 5.69 Å². The minimum atomic E-state index is -0.0718. The first-order valence-corrected chi connectivity index (χ1v) is 10.0. The van der Waals surface area contributed by atoms with Gasteiger partial charge in [0.25, 0.3) is 12.9 Å². The van der Waals surface area contributed by atoms with Crippen LogP contribution in [0.4, 0.5) is 11.4 Å². The molecule has 1 heterocycles. The van der Waals surface area contributed by atoms with Gasteiger partial charge in [-0.05, 0) is 61.9 Å². The zero-order valence-electron chi connectivity index (χ0n) is 19.3. The Kier molecular flexibility index (Phi) is 10.2. The molecule has 0 aromatic heterocycles. The number of rotatable bonds is 6. The maximum Gasteiger partial charge on any atom is 0.298 e. The average molecular weight is 442 g/mol. The van der Waals surface area contributed by atoms with Crippen molar-refractivity contribution in [2.75, 3.05) is 5.43 Å². The molecule has 2 aromatic rings. The molecule has 8 heteroatoms. The first kappa shape index (κ1) is 26.5. The van der Waals surface area contributed by atoms with Gasteiger partial charge >= 0.3 is 0 Å². The largest absolute Gasteiger partial charge is 0.429 e. The summed E-state index contributed by atoms with van der Waals surface area (Å²) < 4.78 is 9.38. The smallest absolute Gasteiger partial charge is 0.298 e. The third-order valence-electron chi connectivity index (χ3n) is 5.04. The number of carbonyl (C=O) groups excluding carboxylic acids is 3. The number of nitrogens with one attached hydrogen (secondary N) is 1. The maximum absolute atomic E-state index is 10.2. The van der Waals surface area contributed by atoms with Crippen LogP contribution in [-0.2, 0) is 19.8 Å². The monoisotopic (exact) mass is 441 g/mol. The SMILES string of the molecule is CC(=O)C(C)C.CC1=Nc2ccc(OC=O)cc2C1(C)C.NNc1ccc(OC=O)cc1. The summed E-state index contributed by atoms with van der Waals surface area (Å²) in [6, 6.07) is 12.2. The van der Waals surface area contributed by atoms with E-state index < -0.39 is 0 Å². The van der Waals surface area contributed by atoms with Crippen LogP contribution in [0.3, 0.4) is 0 Å². The van der Waals surface area contributed by atoms with Crippen LogP contribution in [0.15, 0.2) is 47.5 Å². The average Bonchev–Trinajstić information content (AvgIpc) is 2.98.